The standard InChI is InChI=1S/C14H14ClN3S/c1-18(2)14-6-3-10(7-13(14)15)17-9-12-5-4-11(8-16)19-12/h3-7,17H,9H2,1-2H3. The molecule has 2 aromatic rings. The maximum Gasteiger partial charge on any atom is 0.110 e. The molecule has 0 radical (unpaired) electrons. The van der Waals surface area contributed by atoms with Crippen LogP contribution in [0.1, 0.15) is 9.75 Å². The first-order valence-corrected chi connectivity index (χ1v) is 6.99. The summed E-state index contributed by atoms with van der Waals surface area (Å²) in [4.78, 5) is 3.84. The smallest absolute Gasteiger partial charge is 0.110 e. The molecule has 1 heterocycles. The molecular formula is C14H14ClN3S. The summed E-state index contributed by atoms with van der Waals surface area (Å²) in [6.45, 7) is 0.698. The molecule has 0 amide bonds. The number of rotatable bonds is 4. The van der Waals surface area contributed by atoms with Crippen LogP contribution in [0, 0.1) is 11.3 Å². The lowest BCUT2D eigenvalue weighted by molar-refractivity contribution is 1.13. The maximum absolute atomic E-state index is 8.77. The van der Waals surface area contributed by atoms with Gasteiger partial charge in [-0.1, -0.05) is 11.6 Å². The van der Waals surface area contributed by atoms with Gasteiger partial charge in [0.1, 0.15) is 10.9 Å². The Bertz CT molecular complexity index is 613. The van der Waals surface area contributed by atoms with Crippen molar-refractivity contribution in [1.82, 2.24) is 0 Å². The van der Waals surface area contributed by atoms with Gasteiger partial charge >= 0.3 is 0 Å². The van der Waals surface area contributed by atoms with E-state index in [1.165, 1.54) is 11.3 Å². The number of nitrogens with one attached hydrogen (secondary N) is 1. The van der Waals surface area contributed by atoms with E-state index in [-0.39, 0.29) is 0 Å². The highest BCUT2D eigenvalue weighted by Gasteiger charge is 2.04. The summed E-state index contributed by atoms with van der Waals surface area (Å²) in [7, 11) is 3.92. The molecule has 0 fully saturated rings. The van der Waals surface area contributed by atoms with E-state index in [9.17, 15) is 0 Å². The van der Waals surface area contributed by atoms with Crippen LogP contribution < -0.4 is 10.2 Å². The van der Waals surface area contributed by atoms with Crippen molar-refractivity contribution in [2.75, 3.05) is 24.3 Å². The predicted molar refractivity (Wildman–Crippen MR) is 82.1 cm³/mol. The Morgan fingerprint density at radius 1 is 1.32 bits per heavy atom. The molecule has 1 N–H and O–H groups in total. The van der Waals surface area contributed by atoms with Crippen LogP contribution in [0.2, 0.25) is 5.02 Å². The Morgan fingerprint density at radius 2 is 2.11 bits per heavy atom. The lowest BCUT2D eigenvalue weighted by Crippen LogP contribution is -2.09. The van der Waals surface area contributed by atoms with Crippen LogP contribution in [0.3, 0.4) is 0 Å². The van der Waals surface area contributed by atoms with Gasteiger partial charge in [0, 0.05) is 31.2 Å². The molecule has 5 heteroatoms. The van der Waals surface area contributed by atoms with Gasteiger partial charge in [0.2, 0.25) is 0 Å². The van der Waals surface area contributed by atoms with Crippen LogP contribution in [-0.2, 0) is 6.54 Å². The average molecular weight is 292 g/mol. The second-order valence-corrected chi connectivity index (χ2v) is 5.87. The first-order chi connectivity index (χ1) is 9.10. The minimum Gasteiger partial charge on any atom is -0.380 e. The van der Waals surface area contributed by atoms with Gasteiger partial charge in [-0.2, -0.15) is 5.26 Å². The third kappa shape index (κ3) is 3.40. The van der Waals surface area contributed by atoms with E-state index in [2.05, 4.69) is 11.4 Å². The first-order valence-electron chi connectivity index (χ1n) is 5.79. The molecule has 0 aliphatic rings. The molecule has 0 aliphatic heterocycles. The Labute approximate surface area is 122 Å². The van der Waals surface area contributed by atoms with Crippen molar-refractivity contribution < 1.29 is 0 Å². The van der Waals surface area contributed by atoms with E-state index in [1.54, 1.807) is 0 Å². The first kappa shape index (κ1) is 13.7. The molecule has 0 aliphatic carbocycles. The van der Waals surface area contributed by atoms with Crippen LogP contribution in [0.5, 0.6) is 0 Å². The second-order valence-electron chi connectivity index (χ2n) is 4.29. The number of nitrogens with zero attached hydrogens (tertiary/aromatic N) is 2. The monoisotopic (exact) mass is 291 g/mol. The van der Waals surface area contributed by atoms with Crippen LogP contribution in [-0.4, -0.2) is 14.1 Å². The summed E-state index contributed by atoms with van der Waals surface area (Å²) in [5, 5.41) is 12.8. The minimum absolute atomic E-state index is 0.698. The molecule has 0 unspecified atom stereocenters. The van der Waals surface area contributed by atoms with Gasteiger partial charge in [0.25, 0.3) is 0 Å². The molecule has 19 heavy (non-hydrogen) atoms. The molecular weight excluding hydrogens is 278 g/mol. The lowest BCUT2D eigenvalue weighted by atomic mass is 10.2. The molecule has 0 spiro atoms. The summed E-state index contributed by atoms with van der Waals surface area (Å²) in [5.41, 5.74) is 1.97. The third-order valence-electron chi connectivity index (χ3n) is 2.67. The number of nitriles is 1. The molecule has 3 nitrogen and oxygen atoms in total. The normalized spacial score (nSPS) is 10.0. The zero-order chi connectivity index (χ0) is 13.8. The largest absolute Gasteiger partial charge is 0.380 e. The summed E-state index contributed by atoms with van der Waals surface area (Å²) in [5.74, 6) is 0. The fourth-order valence-corrected chi connectivity index (χ4v) is 2.80. The average Bonchev–Trinajstić information content (AvgIpc) is 2.84. The molecule has 98 valence electrons. The summed E-state index contributed by atoms with van der Waals surface area (Å²) in [6.07, 6.45) is 0. The summed E-state index contributed by atoms with van der Waals surface area (Å²) >= 11 is 7.71. The fourth-order valence-electron chi connectivity index (χ4n) is 1.70. The Hall–Kier alpha value is -1.70. The number of halogens is 1. The van der Waals surface area contributed by atoms with E-state index in [0.29, 0.717) is 6.54 Å². The number of anilines is 2. The number of thiophene rings is 1. The molecule has 0 bridgehead atoms. The number of benzene rings is 1. The minimum atomic E-state index is 0.698. The van der Waals surface area contributed by atoms with Crippen molar-refractivity contribution in [3.05, 3.63) is 45.1 Å². The number of hydrogen-bond acceptors (Lipinski definition) is 4. The Morgan fingerprint density at radius 3 is 2.68 bits per heavy atom. The highest BCUT2D eigenvalue weighted by Crippen LogP contribution is 2.28. The van der Waals surface area contributed by atoms with Crippen molar-refractivity contribution >= 4 is 34.3 Å². The van der Waals surface area contributed by atoms with E-state index >= 15 is 0 Å². The summed E-state index contributed by atoms with van der Waals surface area (Å²) in [6, 6.07) is 11.8. The van der Waals surface area contributed by atoms with Crippen LogP contribution in [0.25, 0.3) is 0 Å². The summed E-state index contributed by atoms with van der Waals surface area (Å²) < 4.78 is 0. The maximum atomic E-state index is 8.77. The van der Waals surface area contributed by atoms with E-state index < -0.39 is 0 Å². The van der Waals surface area contributed by atoms with Gasteiger partial charge in [-0.3, -0.25) is 0 Å². The SMILES string of the molecule is CN(C)c1ccc(NCc2ccc(C#N)s2)cc1Cl. The van der Waals surface area contributed by atoms with Gasteiger partial charge < -0.3 is 10.2 Å². The highest BCUT2D eigenvalue weighted by atomic mass is 35.5. The second kappa shape index (κ2) is 5.96. The molecule has 1 aromatic carbocycles. The quantitative estimate of drug-likeness (QED) is 0.927. The fraction of sp³-hybridized carbons (Fsp3) is 0.214. The Balaban J connectivity index is 2.04. The van der Waals surface area contributed by atoms with Gasteiger partial charge in [0.15, 0.2) is 0 Å². The molecule has 0 saturated heterocycles. The molecule has 2 rings (SSSR count). The topological polar surface area (TPSA) is 39.1 Å². The van der Waals surface area contributed by atoms with Crippen LogP contribution >= 0.6 is 22.9 Å². The zero-order valence-electron chi connectivity index (χ0n) is 10.8. The van der Waals surface area contributed by atoms with Gasteiger partial charge in [-0.05, 0) is 30.3 Å². The van der Waals surface area contributed by atoms with Crippen molar-refractivity contribution in [3.63, 3.8) is 0 Å². The van der Waals surface area contributed by atoms with Gasteiger partial charge in [0.05, 0.1) is 10.7 Å². The number of hydrogen-bond donors (Lipinski definition) is 1. The van der Waals surface area contributed by atoms with Crippen molar-refractivity contribution in [1.29, 1.82) is 5.26 Å². The van der Waals surface area contributed by atoms with E-state index in [1.807, 2.05) is 49.3 Å². The van der Waals surface area contributed by atoms with Crippen molar-refractivity contribution in [3.8, 4) is 6.07 Å². The van der Waals surface area contributed by atoms with Crippen molar-refractivity contribution in [2.45, 2.75) is 6.54 Å². The predicted octanol–water partition coefficient (Wildman–Crippen LogP) is 3.95. The van der Waals surface area contributed by atoms with Gasteiger partial charge in [-0.15, -0.1) is 11.3 Å². The van der Waals surface area contributed by atoms with Crippen LogP contribution in [0.15, 0.2) is 30.3 Å². The Kier molecular flexibility index (Phi) is 4.31. The molecule has 1 aromatic heterocycles. The molecule has 0 saturated carbocycles. The molecule has 0 atom stereocenters. The van der Waals surface area contributed by atoms with E-state index in [4.69, 9.17) is 16.9 Å². The lowest BCUT2D eigenvalue weighted by Gasteiger charge is -2.15. The van der Waals surface area contributed by atoms with Crippen molar-refractivity contribution in [2.24, 2.45) is 0 Å². The highest BCUT2D eigenvalue weighted by molar-refractivity contribution is 7.12. The van der Waals surface area contributed by atoms with E-state index in [0.717, 1.165) is 26.2 Å². The van der Waals surface area contributed by atoms with Gasteiger partial charge in [-0.25, -0.2) is 0 Å². The van der Waals surface area contributed by atoms with Crippen LogP contribution in [0.4, 0.5) is 11.4 Å². The third-order valence-corrected chi connectivity index (χ3v) is 3.96. The zero-order valence-corrected chi connectivity index (χ0v) is 12.3.